The number of nitrogens with zero attached hydrogens (tertiary/aromatic N) is 1. The zero-order valence-corrected chi connectivity index (χ0v) is 8.00. The van der Waals surface area contributed by atoms with Gasteiger partial charge in [0, 0.05) is 10.7 Å². The van der Waals surface area contributed by atoms with Crippen molar-refractivity contribution < 1.29 is 9.90 Å². The minimum absolute atomic E-state index is 0.290. The molecule has 66 valence electrons. The number of carboxylic acid groups (broad SMARTS) is 1. The van der Waals surface area contributed by atoms with Crippen molar-refractivity contribution in [2.75, 3.05) is 0 Å². The summed E-state index contributed by atoms with van der Waals surface area (Å²) in [4.78, 5) is 10.5. The summed E-state index contributed by atoms with van der Waals surface area (Å²) in [5.41, 5.74) is -0.00861. The Morgan fingerprint density at radius 3 is 2.69 bits per heavy atom. The minimum atomic E-state index is -1.24. The van der Waals surface area contributed by atoms with E-state index in [9.17, 15) is 4.79 Å². The number of halogens is 1. The molecule has 0 aliphatic carbocycles. The van der Waals surface area contributed by atoms with Crippen LogP contribution in [0.1, 0.15) is 0 Å². The molecule has 4 nitrogen and oxygen atoms in total. The number of aliphatic carboxylic acids is 1. The first-order chi connectivity index (χ1) is 6.15. The van der Waals surface area contributed by atoms with Gasteiger partial charge in [-0.05, 0) is 28.1 Å². The van der Waals surface area contributed by atoms with Gasteiger partial charge in [0.25, 0.3) is 0 Å². The molecule has 0 fully saturated rings. The minimum Gasteiger partial charge on any atom is -0.477 e. The maximum absolute atomic E-state index is 10.5. The lowest BCUT2D eigenvalue weighted by Gasteiger charge is -2.07. The quantitative estimate of drug-likeness (QED) is 0.535. The molecule has 1 aliphatic heterocycles. The molecule has 0 saturated heterocycles. The van der Waals surface area contributed by atoms with E-state index >= 15 is 0 Å². The van der Waals surface area contributed by atoms with Crippen molar-refractivity contribution in [3.8, 4) is 6.07 Å². The van der Waals surface area contributed by atoms with Gasteiger partial charge in [0.1, 0.15) is 6.07 Å². The van der Waals surface area contributed by atoms with E-state index in [4.69, 9.17) is 10.4 Å². The van der Waals surface area contributed by atoms with Crippen LogP contribution in [-0.2, 0) is 4.79 Å². The van der Waals surface area contributed by atoms with Gasteiger partial charge in [0.15, 0.2) is 5.57 Å². The maximum atomic E-state index is 10.5. The van der Waals surface area contributed by atoms with Crippen molar-refractivity contribution in [1.82, 2.24) is 5.32 Å². The molecule has 0 spiro atoms. The van der Waals surface area contributed by atoms with Gasteiger partial charge in [-0.25, -0.2) is 4.79 Å². The normalized spacial score (nSPS) is 18.3. The second-order valence-electron chi connectivity index (χ2n) is 2.21. The van der Waals surface area contributed by atoms with Gasteiger partial charge in [-0.15, -0.1) is 0 Å². The Kier molecular flexibility index (Phi) is 2.88. The molecule has 0 atom stereocenters. The van der Waals surface area contributed by atoms with E-state index in [1.165, 1.54) is 6.08 Å². The van der Waals surface area contributed by atoms with Crippen LogP contribution in [0.25, 0.3) is 0 Å². The predicted molar refractivity (Wildman–Crippen MR) is 49.6 cm³/mol. The van der Waals surface area contributed by atoms with Crippen LogP contribution in [0.2, 0.25) is 0 Å². The molecule has 2 N–H and O–H groups in total. The van der Waals surface area contributed by atoms with Crippen molar-refractivity contribution in [1.29, 1.82) is 5.26 Å². The van der Waals surface area contributed by atoms with E-state index in [1.54, 1.807) is 18.3 Å². The molecule has 0 unspecified atom stereocenters. The molecular formula is C8H5BrN2O2. The second kappa shape index (κ2) is 3.92. The van der Waals surface area contributed by atoms with E-state index in [1.807, 2.05) is 0 Å². The average Bonchev–Trinajstić information content (AvgIpc) is 2.09. The van der Waals surface area contributed by atoms with Gasteiger partial charge in [0.05, 0.1) is 5.70 Å². The summed E-state index contributed by atoms with van der Waals surface area (Å²) in [5.74, 6) is -1.24. The number of nitrogens with one attached hydrogen (secondary N) is 1. The Bertz CT molecular complexity index is 374. The van der Waals surface area contributed by atoms with E-state index in [-0.39, 0.29) is 5.57 Å². The van der Waals surface area contributed by atoms with E-state index in [0.717, 1.165) is 4.48 Å². The summed E-state index contributed by atoms with van der Waals surface area (Å²) >= 11 is 3.18. The lowest BCUT2D eigenvalue weighted by atomic mass is 10.2. The lowest BCUT2D eigenvalue weighted by Crippen LogP contribution is -2.13. The first-order valence-electron chi connectivity index (χ1n) is 3.33. The number of nitriles is 1. The van der Waals surface area contributed by atoms with Crippen molar-refractivity contribution in [2.45, 2.75) is 0 Å². The summed E-state index contributed by atoms with van der Waals surface area (Å²) in [6.45, 7) is 0. The van der Waals surface area contributed by atoms with E-state index < -0.39 is 5.97 Å². The van der Waals surface area contributed by atoms with Crippen LogP contribution in [0.5, 0.6) is 0 Å². The van der Waals surface area contributed by atoms with Crippen molar-refractivity contribution >= 4 is 21.9 Å². The van der Waals surface area contributed by atoms with Crippen molar-refractivity contribution in [3.63, 3.8) is 0 Å². The maximum Gasteiger partial charge on any atom is 0.348 e. The first-order valence-corrected chi connectivity index (χ1v) is 4.12. The van der Waals surface area contributed by atoms with Crippen molar-refractivity contribution in [2.24, 2.45) is 0 Å². The van der Waals surface area contributed by atoms with Crippen LogP contribution in [0.15, 0.2) is 34.1 Å². The number of carbonyl (C=O) groups is 1. The summed E-state index contributed by atoms with van der Waals surface area (Å²) in [6, 6.07) is 1.61. The molecular weight excluding hydrogens is 236 g/mol. The Morgan fingerprint density at radius 2 is 2.31 bits per heavy atom. The molecule has 0 bridgehead atoms. The molecule has 0 saturated carbocycles. The van der Waals surface area contributed by atoms with E-state index in [2.05, 4.69) is 21.2 Å². The number of carboxylic acids is 1. The van der Waals surface area contributed by atoms with Crippen LogP contribution in [0.4, 0.5) is 0 Å². The fourth-order valence-corrected chi connectivity index (χ4v) is 1.03. The Morgan fingerprint density at radius 1 is 1.62 bits per heavy atom. The number of hydrogen-bond acceptors (Lipinski definition) is 3. The second-order valence-corrected chi connectivity index (χ2v) is 3.13. The number of dihydropyridines is 1. The van der Waals surface area contributed by atoms with Crippen LogP contribution < -0.4 is 5.32 Å². The lowest BCUT2D eigenvalue weighted by molar-refractivity contribution is -0.132. The van der Waals surface area contributed by atoms with Crippen LogP contribution >= 0.6 is 15.9 Å². The fraction of sp³-hybridized carbons (Fsp3) is 0. The molecule has 0 aromatic rings. The van der Waals surface area contributed by atoms with Gasteiger partial charge in [-0.1, -0.05) is 0 Å². The summed E-state index contributed by atoms with van der Waals surface area (Å²) < 4.78 is 0.791. The summed E-state index contributed by atoms with van der Waals surface area (Å²) in [7, 11) is 0. The molecule has 1 rings (SSSR count). The largest absolute Gasteiger partial charge is 0.477 e. The van der Waals surface area contributed by atoms with Gasteiger partial charge < -0.3 is 10.4 Å². The molecule has 0 aromatic carbocycles. The van der Waals surface area contributed by atoms with Crippen LogP contribution in [0, 0.1) is 11.3 Å². The predicted octanol–water partition coefficient (Wildman–Crippen LogP) is 1.24. The molecule has 1 heterocycles. The molecule has 0 amide bonds. The molecule has 5 heteroatoms. The fourth-order valence-electron chi connectivity index (χ4n) is 0.785. The van der Waals surface area contributed by atoms with Gasteiger partial charge >= 0.3 is 5.97 Å². The highest BCUT2D eigenvalue weighted by Gasteiger charge is 2.12. The third-order valence-electron chi connectivity index (χ3n) is 1.37. The smallest absolute Gasteiger partial charge is 0.348 e. The Hall–Kier alpha value is -1.54. The van der Waals surface area contributed by atoms with Crippen molar-refractivity contribution in [3.05, 3.63) is 34.1 Å². The first kappa shape index (κ1) is 9.55. The zero-order chi connectivity index (χ0) is 9.84. The Balaban J connectivity index is 3.03. The highest BCUT2D eigenvalue weighted by atomic mass is 79.9. The molecule has 1 aliphatic rings. The number of allylic oxidation sites excluding steroid dienone is 3. The highest BCUT2D eigenvalue weighted by molar-refractivity contribution is 9.11. The van der Waals surface area contributed by atoms with Crippen LogP contribution in [0.3, 0.4) is 0 Å². The van der Waals surface area contributed by atoms with E-state index in [0.29, 0.717) is 5.70 Å². The van der Waals surface area contributed by atoms with Gasteiger partial charge in [0.2, 0.25) is 0 Å². The number of rotatable bonds is 1. The summed E-state index contributed by atoms with van der Waals surface area (Å²) in [6.07, 6.45) is 4.75. The zero-order valence-electron chi connectivity index (χ0n) is 6.41. The summed E-state index contributed by atoms with van der Waals surface area (Å²) in [5, 5.41) is 19.8. The standard InChI is InChI=1S/C8H5BrN2O2/c9-5-1-2-7(11-4-5)6(3-10)8(12)13/h1-2,4,11H,(H,12,13). The topological polar surface area (TPSA) is 73.1 Å². The molecule has 0 radical (unpaired) electrons. The SMILES string of the molecule is N#CC(C(=O)O)=C1C=CC(Br)=CN1. The monoisotopic (exact) mass is 240 g/mol. The highest BCUT2D eigenvalue weighted by Crippen LogP contribution is 2.14. The van der Waals surface area contributed by atoms with Gasteiger partial charge in [-0.2, -0.15) is 5.26 Å². The third-order valence-corrected chi connectivity index (χ3v) is 1.86. The number of hydrogen-bond donors (Lipinski definition) is 2. The van der Waals surface area contributed by atoms with Crippen LogP contribution in [-0.4, -0.2) is 11.1 Å². The third kappa shape index (κ3) is 2.20. The average molecular weight is 241 g/mol. The molecule has 0 aromatic heterocycles. The Labute approximate surface area is 83.0 Å². The molecule has 13 heavy (non-hydrogen) atoms. The van der Waals surface area contributed by atoms with Gasteiger partial charge in [-0.3, -0.25) is 0 Å².